The highest BCUT2D eigenvalue weighted by molar-refractivity contribution is 5.97. The summed E-state index contributed by atoms with van der Waals surface area (Å²) >= 11 is 0. The van der Waals surface area contributed by atoms with Gasteiger partial charge in [0, 0.05) is 11.6 Å². The van der Waals surface area contributed by atoms with Crippen LogP contribution < -0.4 is 10.1 Å². The monoisotopic (exact) mass is 301 g/mol. The number of hydrogen-bond donors (Lipinski definition) is 1. The van der Waals surface area contributed by atoms with Crippen LogP contribution >= 0.6 is 0 Å². The van der Waals surface area contributed by atoms with E-state index in [1.807, 2.05) is 31.2 Å². The third-order valence-electron chi connectivity index (χ3n) is 5.22. The van der Waals surface area contributed by atoms with Gasteiger partial charge in [-0.3, -0.25) is 9.59 Å². The number of ether oxygens (including phenoxy) is 2. The smallest absolute Gasteiger partial charge is 0.310 e. The molecule has 5 heteroatoms. The number of carbonyl (C=O) groups excluding carboxylic acids is 2. The molecular weight excluding hydrogens is 282 g/mol. The fraction of sp³-hybridized carbons (Fsp3) is 0.529. The van der Waals surface area contributed by atoms with Crippen LogP contribution in [0.2, 0.25) is 0 Å². The molecule has 2 saturated carbocycles. The zero-order valence-electron chi connectivity index (χ0n) is 12.5. The van der Waals surface area contributed by atoms with E-state index >= 15 is 0 Å². The summed E-state index contributed by atoms with van der Waals surface area (Å²) in [6.45, 7) is 2.54. The number of hydrogen-bond acceptors (Lipinski definition) is 4. The Labute approximate surface area is 129 Å². The molecule has 5 atom stereocenters. The molecule has 1 heterocycles. The first-order valence-corrected chi connectivity index (χ1v) is 7.91. The zero-order chi connectivity index (χ0) is 15.3. The van der Waals surface area contributed by atoms with E-state index in [4.69, 9.17) is 9.47 Å². The van der Waals surface area contributed by atoms with Gasteiger partial charge in [-0.15, -0.1) is 0 Å². The molecule has 2 aliphatic carbocycles. The summed E-state index contributed by atoms with van der Waals surface area (Å²) in [5, 5.41) is 2.94. The Morgan fingerprint density at radius 3 is 2.82 bits per heavy atom. The quantitative estimate of drug-likeness (QED) is 0.866. The van der Waals surface area contributed by atoms with Gasteiger partial charge in [-0.25, -0.2) is 0 Å². The second-order valence-corrected chi connectivity index (χ2v) is 6.37. The lowest BCUT2D eigenvalue weighted by molar-refractivity contribution is -0.145. The fourth-order valence-electron chi connectivity index (χ4n) is 4.39. The Balaban J connectivity index is 1.47. The Hall–Kier alpha value is -2.04. The summed E-state index contributed by atoms with van der Waals surface area (Å²) < 4.78 is 10.8. The van der Waals surface area contributed by atoms with Crippen molar-refractivity contribution < 1.29 is 19.1 Å². The second-order valence-electron chi connectivity index (χ2n) is 6.37. The van der Waals surface area contributed by atoms with Crippen LogP contribution in [0.5, 0.6) is 5.75 Å². The Morgan fingerprint density at radius 2 is 2.09 bits per heavy atom. The molecule has 0 aromatic heterocycles. The molecule has 2 bridgehead atoms. The van der Waals surface area contributed by atoms with E-state index in [1.165, 1.54) is 0 Å². The average molecular weight is 301 g/mol. The minimum Gasteiger partial charge on any atom is -0.494 e. The van der Waals surface area contributed by atoms with Crippen molar-refractivity contribution in [1.82, 2.24) is 0 Å². The molecule has 22 heavy (non-hydrogen) atoms. The van der Waals surface area contributed by atoms with Crippen LogP contribution in [0, 0.1) is 23.7 Å². The van der Waals surface area contributed by atoms with Gasteiger partial charge in [-0.05, 0) is 49.9 Å². The highest BCUT2D eigenvalue weighted by atomic mass is 16.6. The third kappa shape index (κ3) is 1.99. The first kappa shape index (κ1) is 13.6. The van der Waals surface area contributed by atoms with E-state index in [-0.39, 0.29) is 41.7 Å². The molecule has 3 fully saturated rings. The van der Waals surface area contributed by atoms with Gasteiger partial charge in [0.05, 0.1) is 18.4 Å². The van der Waals surface area contributed by atoms with Gasteiger partial charge >= 0.3 is 5.97 Å². The maximum absolute atomic E-state index is 12.6. The van der Waals surface area contributed by atoms with Gasteiger partial charge in [-0.1, -0.05) is 0 Å². The van der Waals surface area contributed by atoms with Crippen LogP contribution in [0.1, 0.15) is 19.8 Å². The number of amides is 1. The maximum atomic E-state index is 12.6. The lowest BCUT2D eigenvalue weighted by atomic mass is 9.79. The summed E-state index contributed by atoms with van der Waals surface area (Å²) in [7, 11) is 0. The van der Waals surface area contributed by atoms with Crippen LogP contribution in [0.15, 0.2) is 24.3 Å². The number of carbonyl (C=O) groups is 2. The molecule has 1 aromatic rings. The molecule has 1 aliphatic heterocycles. The molecule has 0 spiro atoms. The van der Waals surface area contributed by atoms with E-state index in [0.29, 0.717) is 6.61 Å². The Kier molecular flexibility index (Phi) is 3.10. The summed E-state index contributed by atoms with van der Waals surface area (Å²) in [5.74, 6) is 0.625. The van der Waals surface area contributed by atoms with E-state index in [2.05, 4.69) is 5.32 Å². The molecule has 0 radical (unpaired) electrons. The summed E-state index contributed by atoms with van der Waals surface area (Å²) in [5.41, 5.74) is 0.735. The van der Waals surface area contributed by atoms with Crippen LogP contribution in [0.25, 0.3) is 0 Å². The van der Waals surface area contributed by atoms with Gasteiger partial charge in [0.1, 0.15) is 11.9 Å². The van der Waals surface area contributed by atoms with Crippen molar-refractivity contribution in [2.24, 2.45) is 23.7 Å². The van der Waals surface area contributed by atoms with E-state index < -0.39 is 0 Å². The van der Waals surface area contributed by atoms with Crippen LogP contribution in [-0.2, 0) is 14.3 Å². The topological polar surface area (TPSA) is 64.6 Å². The van der Waals surface area contributed by atoms with Gasteiger partial charge in [0.25, 0.3) is 0 Å². The molecule has 1 aromatic carbocycles. The SMILES string of the molecule is CCOc1ccc(NC(=O)[C@@H]2[C@@H]3C[C@@H]4[C@@H]2C(=O)O[C@H]4C3)cc1. The molecule has 4 rings (SSSR count). The van der Waals surface area contributed by atoms with E-state index in [9.17, 15) is 9.59 Å². The van der Waals surface area contributed by atoms with Gasteiger partial charge < -0.3 is 14.8 Å². The lowest BCUT2D eigenvalue weighted by Gasteiger charge is -2.23. The molecular formula is C17H19NO4. The molecule has 116 valence electrons. The Bertz CT molecular complexity index is 610. The summed E-state index contributed by atoms with van der Waals surface area (Å²) in [6.07, 6.45) is 1.86. The van der Waals surface area contributed by atoms with E-state index in [0.717, 1.165) is 24.3 Å². The van der Waals surface area contributed by atoms with Crippen molar-refractivity contribution in [2.45, 2.75) is 25.9 Å². The first-order chi connectivity index (χ1) is 10.7. The van der Waals surface area contributed by atoms with Crippen molar-refractivity contribution >= 4 is 17.6 Å². The number of anilines is 1. The van der Waals surface area contributed by atoms with Crippen molar-refractivity contribution in [3.05, 3.63) is 24.3 Å². The maximum Gasteiger partial charge on any atom is 0.310 e. The fourth-order valence-corrected chi connectivity index (χ4v) is 4.39. The van der Waals surface area contributed by atoms with Gasteiger partial charge in [-0.2, -0.15) is 0 Å². The minimum atomic E-state index is -0.234. The molecule has 3 aliphatic rings. The summed E-state index contributed by atoms with van der Waals surface area (Å²) in [4.78, 5) is 24.6. The zero-order valence-corrected chi connectivity index (χ0v) is 12.5. The third-order valence-corrected chi connectivity index (χ3v) is 5.22. The number of nitrogens with one attached hydrogen (secondary N) is 1. The van der Waals surface area contributed by atoms with Crippen LogP contribution in [-0.4, -0.2) is 24.6 Å². The average Bonchev–Trinajstić information content (AvgIpc) is 3.11. The van der Waals surface area contributed by atoms with Crippen molar-refractivity contribution in [3.63, 3.8) is 0 Å². The number of esters is 1. The van der Waals surface area contributed by atoms with E-state index in [1.54, 1.807) is 0 Å². The largest absolute Gasteiger partial charge is 0.494 e. The Morgan fingerprint density at radius 1 is 1.32 bits per heavy atom. The van der Waals surface area contributed by atoms with Crippen LogP contribution in [0.4, 0.5) is 5.69 Å². The molecule has 1 amide bonds. The summed E-state index contributed by atoms with van der Waals surface area (Å²) in [6, 6.07) is 7.32. The molecule has 1 N–H and O–H groups in total. The van der Waals surface area contributed by atoms with Crippen molar-refractivity contribution in [1.29, 1.82) is 0 Å². The lowest BCUT2D eigenvalue weighted by Crippen LogP contribution is -2.35. The van der Waals surface area contributed by atoms with Gasteiger partial charge in [0.2, 0.25) is 5.91 Å². The van der Waals surface area contributed by atoms with Crippen LogP contribution in [0.3, 0.4) is 0 Å². The second kappa shape index (κ2) is 5.00. The highest BCUT2D eigenvalue weighted by Gasteiger charge is 2.63. The molecule has 0 unspecified atom stereocenters. The molecule has 1 saturated heterocycles. The number of rotatable bonds is 4. The number of benzene rings is 1. The number of fused-ring (bicyclic) bond motifs is 1. The first-order valence-electron chi connectivity index (χ1n) is 7.91. The van der Waals surface area contributed by atoms with Gasteiger partial charge in [0.15, 0.2) is 0 Å². The minimum absolute atomic E-state index is 0.0565. The van der Waals surface area contributed by atoms with Crippen molar-refractivity contribution in [2.75, 3.05) is 11.9 Å². The normalized spacial score (nSPS) is 34.6. The molecule has 5 nitrogen and oxygen atoms in total. The standard InChI is InChI=1S/C17H19NO4/c1-2-21-11-5-3-10(4-6-11)18-16(19)14-9-7-12-13(8-9)22-17(20)15(12)14/h3-6,9,12-15H,2,7-8H2,1H3,(H,18,19)/t9-,12+,13+,14-,15+/m1/s1. The van der Waals surface area contributed by atoms with Crippen molar-refractivity contribution in [3.8, 4) is 5.75 Å². The predicted octanol–water partition coefficient (Wildman–Crippen LogP) is 2.22. The highest BCUT2D eigenvalue weighted by Crippen LogP contribution is 2.57. The predicted molar refractivity (Wildman–Crippen MR) is 79.3 cm³/mol.